The van der Waals surface area contributed by atoms with Crippen molar-refractivity contribution in [3.63, 3.8) is 0 Å². The normalized spacial score (nSPS) is 16.5. The topological polar surface area (TPSA) is 60.9 Å². The Bertz CT molecular complexity index is 260. The van der Waals surface area contributed by atoms with Crippen LogP contribution in [0.2, 0.25) is 0 Å². The summed E-state index contributed by atoms with van der Waals surface area (Å²) in [5, 5.41) is 8.83. The van der Waals surface area contributed by atoms with E-state index in [1.807, 2.05) is 6.92 Å². The van der Waals surface area contributed by atoms with Crippen LogP contribution in [-0.2, 0) is 9.59 Å². The van der Waals surface area contributed by atoms with E-state index < -0.39 is 11.8 Å². The zero-order valence-corrected chi connectivity index (χ0v) is 10.5. The number of nitrogens with zero attached hydrogens (tertiary/aromatic N) is 2. The number of aliphatic hydroxyl groups excluding tert-OH is 1. The molecule has 1 aliphatic rings. The van der Waals surface area contributed by atoms with Crippen molar-refractivity contribution in [3.05, 3.63) is 0 Å². The summed E-state index contributed by atoms with van der Waals surface area (Å²) in [6.45, 7) is 3.76. The first-order valence-electron chi connectivity index (χ1n) is 6.39. The first-order valence-corrected chi connectivity index (χ1v) is 6.39. The van der Waals surface area contributed by atoms with Crippen molar-refractivity contribution in [1.82, 2.24) is 9.80 Å². The number of carbonyl (C=O) groups excluding carboxylic acids is 2. The first kappa shape index (κ1) is 14.0. The molecule has 98 valence electrons. The molecule has 0 saturated carbocycles. The van der Waals surface area contributed by atoms with Gasteiger partial charge in [0.25, 0.3) is 0 Å². The lowest BCUT2D eigenvalue weighted by Gasteiger charge is -2.24. The van der Waals surface area contributed by atoms with Crippen molar-refractivity contribution in [3.8, 4) is 0 Å². The smallest absolute Gasteiger partial charge is 0.312 e. The molecule has 0 radical (unpaired) electrons. The van der Waals surface area contributed by atoms with Gasteiger partial charge in [-0.15, -0.1) is 0 Å². The van der Waals surface area contributed by atoms with E-state index in [9.17, 15) is 9.59 Å². The molecule has 0 bridgehead atoms. The molecule has 0 aromatic carbocycles. The number of likely N-dealkylation sites (tertiary alicyclic amines) is 1. The molecule has 1 fully saturated rings. The van der Waals surface area contributed by atoms with Gasteiger partial charge >= 0.3 is 11.8 Å². The predicted octanol–water partition coefficient (Wildman–Crippen LogP) is 0.230. The van der Waals surface area contributed by atoms with Crippen LogP contribution in [0.3, 0.4) is 0 Å². The molecule has 0 aliphatic carbocycles. The van der Waals surface area contributed by atoms with E-state index in [0.717, 1.165) is 25.7 Å². The Hall–Kier alpha value is -1.10. The van der Waals surface area contributed by atoms with Crippen LogP contribution in [0.15, 0.2) is 0 Å². The van der Waals surface area contributed by atoms with Crippen LogP contribution < -0.4 is 0 Å². The fourth-order valence-electron chi connectivity index (χ4n) is 2.07. The summed E-state index contributed by atoms with van der Waals surface area (Å²) < 4.78 is 0. The molecule has 5 nitrogen and oxygen atoms in total. The molecule has 1 aliphatic heterocycles. The van der Waals surface area contributed by atoms with Gasteiger partial charge in [-0.05, 0) is 19.8 Å². The van der Waals surface area contributed by atoms with Crippen LogP contribution in [0.5, 0.6) is 0 Å². The van der Waals surface area contributed by atoms with E-state index in [2.05, 4.69) is 0 Å². The molecular weight excluding hydrogens is 220 g/mol. The molecule has 0 unspecified atom stereocenters. The molecule has 1 heterocycles. The largest absolute Gasteiger partial charge is 0.395 e. The quantitative estimate of drug-likeness (QED) is 0.721. The van der Waals surface area contributed by atoms with Gasteiger partial charge in [0.2, 0.25) is 0 Å². The standard InChI is InChI=1S/C12H22N2O3/c1-2-13(9-10-15)11(16)12(17)14-7-5-3-4-6-8-14/h15H,2-10H2,1H3. The van der Waals surface area contributed by atoms with Crippen molar-refractivity contribution >= 4 is 11.8 Å². The number of aliphatic hydroxyl groups is 1. The molecule has 1 N–H and O–H groups in total. The maximum Gasteiger partial charge on any atom is 0.312 e. The van der Waals surface area contributed by atoms with E-state index in [-0.39, 0.29) is 13.2 Å². The number of amides is 2. The summed E-state index contributed by atoms with van der Waals surface area (Å²) in [5.74, 6) is -0.898. The van der Waals surface area contributed by atoms with Crippen molar-refractivity contribution in [2.75, 3.05) is 32.8 Å². The second kappa shape index (κ2) is 7.27. The predicted molar refractivity (Wildman–Crippen MR) is 64.4 cm³/mol. The van der Waals surface area contributed by atoms with Gasteiger partial charge in [-0.25, -0.2) is 0 Å². The molecule has 0 atom stereocenters. The molecule has 1 rings (SSSR count). The van der Waals surface area contributed by atoms with E-state index in [4.69, 9.17) is 5.11 Å². The second-order valence-electron chi connectivity index (χ2n) is 4.31. The van der Waals surface area contributed by atoms with Gasteiger partial charge in [0.05, 0.1) is 6.61 Å². The molecule has 0 aromatic rings. The van der Waals surface area contributed by atoms with Crippen molar-refractivity contribution in [1.29, 1.82) is 0 Å². The van der Waals surface area contributed by atoms with Crippen LogP contribution in [-0.4, -0.2) is 59.5 Å². The van der Waals surface area contributed by atoms with Crippen molar-refractivity contribution in [2.45, 2.75) is 32.6 Å². The summed E-state index contributed by atoms with van der Waals surface area (Å²) in [6, 6.07) is 0. The fourth-order valence-corrected chi connectivity index (χ4v) is 2.07. The number of rotatable bonds is 3. The van der Waals surface area contributed by atoms with Crippen LogP contribution >= 0.6 is 0 Å². The summed E-state index contributed by atoms with van der Waals surface area (Å²) >= 11 is 0. The Kier molecular flexibility index (Phi) is 5.97. The third-order valence-corrected chi connectivity index (χ3v) is 3.12. The molecule has 0 spiro atoms. The summed E-state index contributed by atoms with van der Waals surface area (Å²) in [4.78, 5) is 26.9. The minimum Gasteiger partial charge on any atom is -0.395 e. The third kappa shape index (κ3) is 4.00. The maximum atomic E-state index is 12.0. The highest BCUT2D eigenvalue weighted by Crippen LogP contribution is 2.10. The Morgan fingerprint density at radius 2 is 1.76 bits per heavy atom. The van der Waals surface area contributed by atoms with Gasteiger partial charge in [0, 0.05) is 26.2 Å². The minimum atomic E-state index is -0.483. The highest BCUT2D eigenvalue weighted by Gasteiger charge is 2.26. The lowest BCUT2D eigenvalue weighted by Crippen LogP contribution is -2.46. The van der Waals surface area contributed by atoms with Gasteiger partial charge < -0.3 is 14.9 Å². The summed E-state index contributed by atoms with van der Waals surface area (Å²) in [6.07, 6.45) is 4.22. The number of hydrogen-bond donors (Lipinski definition) is 1. The number of likely N-dealkylation sites (N-methyl/N-ethyl adjacent to an activating group) is 1. The summed E-state index contributed by atoms with van der Waals surface area (Å²) in [7, 11) is 0. The Balaban J connectivity index is 2.57. The third-order valence-electron chi connectivity index (χ3n) is 3.12. The van der Waals surface area contributed by atoms with Gasteiger partial charge in [0.15, 0.2) is 0 Å². The maximum absolute atomic E-state index is 12.0. The average Bonchev–Trinajstić information content (AvgIpc) is 2.63. The monoisotopic (exact) mass is 242 g/mol. The Morgan fingerprint density at radius 3 is 2.24 bits per heavy atom. The van der Waals surface area contributed by atoms with E-state index in [1.165, 1.54) is 4.90 Å². The SMILES string of the molecule is CCN(CCO)C(=O)C(=O)N1CCCCCC1. The highest BCUT2D eigenvalue weighted by molar-refractivity contribution is 6.34. The summed E-state index contributed by atoms with van der Waals surface area (Å²) in [5.41, 5.74) is 0. The molecule has 2 amide bonds. The van der Waals surface area contributed by atoms with E-state index in [0.29, 0.717) is 19.6 Å². The highest BCUT2D eigenvalue weighted by atomic mass is 16.3. The molecule has 0 aromatic heterocycles. The fraction of sp³-hybridized carbons (Fsp3) is 0.833. The van der Waals surface area contributed by atoms with Gasteiger partial charge in [-0.3, -0.25) is 9.59 Å². The van der Waals surface area contributed by atoms with Gasteiger partial charge in [0.1, 0.15) is 0 Å². The van der Waals surface area contributed by atoms with Gasteiger partial charge in [-0.1, -0.05) is 12.8 Å². The van der Waals surface area contributed by atoms with Crippen molar-refractivity contribution in [2.24, 2.45) is 0 Å². The zero-order chi connectivity index (χ0) is 12.7. The number of hydrogen-bond acceptors (Lipinski definition) is 3. The van der Waals surface area contributed by atoms with Crippen LogP contribution in [0.4, 0.5) is 0 Å². The first-order chi connectivity index (χ1) is 8.20. The van der Waals surface area contributed by atoms with Gasteiger partial charge in [-0.2, -0.15) is 0 Å². The lowest BCUT2D eigenvalue weighted by molar-refractivity contribution is -0.152. The zero-order valence-electron chi connectivity index (χ0n) is 10.5. The Labute approximate surface area is 102 Å². The van der Waals surface area contributed by atoms with Crippen molar-refractivity contribution < 1.29 is 14.7 Å². The molecule has 1 saturated heterocycles. The number of carbonyl (C=O) groups is 2. The molecule has 5 heteroatoms. The Morgan fingerprint density at radius 1 is 1.18 bits per heavy atom. The average molecular weight is 242 g/mol. The van der Waals surface area contributed by atoms with E-state index in [1.54, 1.807) is 4.90 Å². The minimum absolute atomic E-state index is 0.104. The van der Waals surface area contributed by atoms with Crippen LogP contribution in [0, 0.1) is 0 Å². The van der Waals surface area contributed by atoms with Crippen LogP contribution in [0.1, 0.15) is 32.6 Å². The second-order valence-corrected chi connectivity index (χ2v) is 4.31. The lowest BCUT2D eigenvalue weighted by atomic mass is 10.2. The van der Waals surface area contributed by atoms with Crippen LogP contribution in [0.25, 0.3) is 0 Å². The molecular formula is C12H22N2O3. The molecule has 17 heavy (non-hydrogen) atoms. The van der Waals surface area contributed by atoms with E-state index >= 15 is 0 Å².